The van der Waals surface area contributed by atoms with E-state index in [0.29, 0.717) is 0 Å². The minimum atomic E-state index is 1.05. The Kier molecular flexibility index (Phi) is 3.19. The number of hydrogen-bond acceptors (Lipinski definition) is 0. The van der Waals surface area contributed by atoms with Crippen molar-refractivity contribution in [1.29, 1.82) is 0 Å². The molecular formula is C32H18N. The van der Waals surface area contributed by atoms with Crippen molar-refractivity contribution in [1.82, 2.24) is 5.32 Å². The summed E-state index contributed by atoms with van der Waals surface area (Å²) in [6.07, 6.45) is 4.52. The fourth-order valence-electron chi connectivity index (χ4n) is 5.82. The third-order valence-corrected chi connectivity index (χ3v) is 7.18. The lowest BCUT2D eigenvalue weighted by atomic mass is 9.95. The van der Waals surface area contributed by atoms with Gasteiger partial charge in [-0.15, -0.1) is 0 Å². The Morgan fingerprint density at radius 3 is 1.39 bits per heavy atom. The molecule has 0 spiro atoms. The van der Waals surface area contributed by atoms with Gasteiger partial charge in [-0.2, -0.15) is 0 Å². The Hall–Kier alpha value is -4.36. The van der Waals surface area contributed by atoms with Gasteiger partial charge in [0.1, 0.15) is 0 Å². The Bertz CT molecular complexity index is 1750. The van der Waals surface area contributed by atoms with E-state index >= 15 is 0 Å². The Balaban J connectivity index is 1.38. The third-order valence-electron chi connectivity index (χ3n) is 7.18. The first-order valence-corrected chi connectivity index (χ1v) is 11.4. The molecule has 6 aromatic carbocycles. The summed E-state index contributed by atoms with van der Waals surface area (Å²) in [6.45, 7) is 0. The molecule has 0 saturated carbocycles. The molecule has 0 amide bonds. The van der Waals surface area contributed by atoms with Crippen LogP contribution in [-0.4, -0.2) is 0 Å². The van der Waals surface area contributed by atoms with Crippen molar-refractivity contribution in [3.63, 3.8) is 0 Å². The van der Waals surface area contributed by atoms with Gasteiger partial charge in [0.05, 0.1) is 11.4 Å². The van der Waals surface area contributed by atoms with Crippen LogP contribution >= 0.6 is 0 Å². The van der Waals surface area contributed by atoms with Gasteiger partial charge in [-0.05, 0) is 78.5 Å². The highest BCUT2D eigenvalue weighted by Gasteiger charge is 2.26. The Morgan fingerprint density at radius 2 is 0.879 bits per heavy atom. The van der Waals surface area contributed by atoms with Crippen molar-refractivity contribution in [2.75, 3.05) is 0 Å². The zero-order valence-corrected chi connectivity index (χ0v) is 17.8. The second-order valence-corrected chi connectivity index (χ2v) is 9.01. The summed E-state index contributed by atoms with van der Waals surface area (Å²) in [7, 11) is 0. The van der Waals surface area contributed by atoms with Crippen LogP contribution in [-0.2, 0) is 0 Å². The summed E-state index contributed by atoms with van der Waals surface area (Å²) in [6, 6.07) is 35.1. The first kappa shape index (κ1) is 17.2. The minimum absolute atomic E-state index is 1.05. The van der Waals surface area contributed by atoms with Crippen LogP contribution in [0.5, 0.6) is 0 Å². The van der Waals surface area contributed by atoms with Crippen molar-refractivity contribution in [2.45, 2.75) is 0 Å². The molecule has 1 radical (unpaired) electrons. The molecule has 0 fully saturated rings. The Morgan fingerprint density at radius 1 is 0.424 bits per heavy atom. The molecule has 33 heavy (non-hydrogen) atoms. The monoisotopic (exact) mass is 416 g/mol. The second-order valence-electron chi connectivity index (χ2n) is 9.01. The van der Waals surface area contributed by atoms with Gasteiger partial charge in [0.25, 0.3) is 0 Å². The van der Waals surface area contributed by atoms with Gasteiger partial charge in [-0.25, -0.2) is 5.32 Å². The average Bonchev–Trinajstić information content (AvgIpc) is 3.40. The molecule has 8 rings (SSSR count). The van der Waals surface area contributed by atoms with Crippen molar-refractivity contribution in [3.05, 3.63) is 119 Å². The summed E-state index contributed by atoms with van der Waals surface area (Å²) in [5, 5.41) is 15.6. The molecule has 0 aromatic heterocycles. The standard InChI is InChI=1S/C32H18N/c1-3-13-25-19(7-1)15-21-9-5-11-23-17-27(31(25)29(21)23)33-28-18-24-12-6-10-22-16-20-8-2-4-14-26(20)32(28)30(22)24/h1-18H. The first-order valence-electron chi connectivity index (χ1n) is 11.4. The molecule has 6 aromatic rings. The van der Waals surface area contributed by atoms with Crippen LogP contribution in [0.3, 0.4) is 0 Å². The maximum atomic E-state index is 5.38. The Labute approximate surface area is 191 Å². The van der Waals surface area contributed by atoms with Crippen LogP contribution in [0.15, 0.2) is 97.1 Å². The number of hydrogen-bond donors (Lipinski definition) is 0. The van der Waals surface area contributed by atoms with Crippen molar-refractivity contribution in [3.8, 4) is 0 Å². The highest BCUT2D eigenvalue weighted by Crippen LogP contribution is 2.45. The maximum Gasteiger partial charge on any atom is 0.0728 e. The summed E-state index contributed by atoms with van der Waals surface area (Å²) in [4.78, 5) is 0. The van der Waals surface area contributed by atoms with Gasteiger partial charge in [0.2, 0.25) is 0 Å². The molecule has 151 valence electrons. The van der Waals surface area contributed by atoms with E-state index < -0.39 is 0 Å². The van der Waals surface area contributed by atoms with Crippen molar-refractivity contribution < 1.29 is 0 Å². The third kappa shape index (κ3) is 2.26. The van der Waals surface area contributed by atoms with E-state index in [1.54, 1.807) is 0 Å². The van der Waals surface area contributed by atoms with Gasteiger partial charge in [-0.1, -0.05) is 84.9 Å². The van der Waals surface area contributed by atoms with Crippen LogP contribution in [0.2, 0.25) is 0 Å². The van der Waals surface area contributed by atoms with E-state index in [9.17, 15) is 0 Å². The van der Waals surface area contributed by atoms with Crippen molar-refractivity contribution >= 4 is 66.6 Å². The molecule has 0 saturated heterocycles. The summed E-state index contributed by atoms with van der Waals surface area (Å²) in [5.41, 5.74) is 7.13. The second kappa shape index (κ2) is 6.11. The smallest absolute Gasteiger partial charge is 0.0728 e. The van der Waals surface area contributed by atoms with Crippen LogP contribution in [0.4, 0.5) is 0 Å². The predicted molar refractivity (Wildman–Crippen MR) is 141 cm³/mol. The SMILES string of the molecule is C1=C([N]C2=Cc3cccc4cc5ccccc5c2c34)c2c3ccccc3cc3cccc1c23. The normalized spacial score (nSPS) is 13.8. The average molecular weight is 417 g/mol. The lowest BCUT2D eigenvalue weighted by Crippen LogP contribution is -2.02. The molecule has 1 heteroatoms. The predicted octanol–water partition coefficient (Wildman–Crippen LogP) is 8.23. The molecule has 0 atom stereocenters. The van der Waals surface area contributed by atoms with E-state index in [0.717, 1.165) is 11.4 Å². The molecule has 0 N–H and O–H groups in total. The quantitative estimate of drug-likeness (QED) is 0.252. The molecular weight excluding hydrogens is 398 g/mol. The van der Waals surface area contributed by atoms with E-state index in [1.165, 1.54) is 65.3 Å². The fourth-order valence-corrected chi connectivity index (χ4v) is 5.82. The summed E-state index contributed by atoms with van der Waals surface area (Å²) >= 11 is 0. The van der Waals surface area contributed by atoms with Crippen LogP contribution in [0.25, 0.3) is 66.6 Å². The van der Waals surface area contributed by atoms with Crippen LogP contribution in [0, 0.1) is 0 Å². The van der Waals surface area contributed by atoms with Crippen molar-refractivity contribution in [2.24, 2.45) is 0 Å². The lowest BCUT2D eigenvalue weighted by Gasteiger charge is -2.14. The van der Waals surface area contributed by atoms with E-state index in [-0.39, 0.29) is 0 Å². The molecule has 0 heterocycles. The number of rotatable bonds is 2. The molecule has 0 aliphatic heterocycles. The number of benzene rings is 6. The largest absolute Gasteiger partial charge is 0.248 e. The molecule has 2 aliphatic rings. The van der Waals surface area contributed by atoms with Crippen LogP contribution < -0.4 is 5.32 Å². The zero-order valence-electron chi connectivity index (χ0n) is 17.8. The van der Waals surface area contributed by atoms with Gasteiger partial charge < -0.3 is 0 Å². The first-order chi connectivity index (χ1) is 16.3. The summed E-state index contributed by atoms with van der Waals surface area (Å²) < 4.78 is 0. The minimum Gasteiger partial charge on any atom is -0.248 e. The van der Waals surface area contributed by atoms with Crippen LogP contribution in [0.1, 0.15) is 22.3 Å². The number of nitrogens with zero attached hydrogens (tertiary/aromatic N) is 1. The van der Waals surface area contributed by atoms with E-state index in [4.69, 9.17) is 5.32 Å². The molecule has 0 unspecified atom stereocenters. The lowest BCUT2D eigenvalue weighted by molar-refractivity contribution is 1.26. The van der Waals surface area contributed by atoms with Gasteiger partial charge in [0.15, 0.2) is 0 Å². The van der Waals surface area contributed by atoms with Gasteiger partial charge in [-0.3, -0.25) is 0 Å². The molecule has 1 nitrogen and oxygen atoms in total. The maximum absolute atomic E-state index is 5.38. The number of fused-ring (bicyclic) bond motifs is 4. The molecule has 0 bridgehead atoms. The fraction of sp³-hybridized carbons (Fsp3) is 0. The zero-order chi connectivity index (χ0) is 21.5. The van der Waals surface area contributed by atoms with E-state index in [2.05, 4.69) is 109 Å². The van der Waals surface area contributed by atoms with Gasteiger partial charge in [0, 0.05) is 11.1 Å². The summed E-state index contributed by atoms with van der Waals surface area (Å²) in [5.74, 6) is 0. The highest BCUT2D eigenvalue weighted by atomic mass is 14.9. The van der Waals surface area contributed by atoms with E-state index in [1.807, 2.05) is 0 Å². The van der Waals surface area contributed by atoms with Gasteiger partial charge >= 0.3 is 0 Å². The molecule has 2 aliphatic carbocycles. The highest BCUT2D eigenvalue weighted by molar-refractivity contribution is 6.22. The topological polar surface area (TPSA) is 14.1 Å².